The lowest BCUT2D eigenvalue weighted by Gasteiger charge is -2.53. The van der Waals surface area contributed by atoms with Crippen LogP contribution in [0.3, 0.4) is 0 Å². The van der Waals surface area contributed by atoms with Crippen LogP contribution < -0.4 is 10.6 Å². The Morgan fingerprint density at radius 1 is 1.16 bits per heavy atom. The van der Waals surface area contributed by atoms with Gasteiger partial charge in [0.1, 0.15) is 16.5 Å². The maximum Gasteiger partial charge on any atom is 0.270 e. The predicted molar refractivity (Wildman–Crippen MR) is 146 cm³/mol. The first-order valence-corrected chi connectivity index (χ1v) is 13.8. The van der Waals surface area contributed by atoms with Crippen molar-refractivity contribution in [2.24, 2.45) is 5.41 Å². The fourth-order valence-corrected chi connectivity index (χ4v) is 7.32. The van der Waals surface area contributed by atoms with Gasteiger partial charge in [0.25, 0.3) is 5.91 Å². The lowest BCUT2D eigenvalue weighted by molar-refractivity contribution is -0.126. The number of hydrogen-bond donors (Lipinski definition) is 1. The Morgan fingerprint density at radius 3 is 2.76 bits per heavy atom. The van der Waals surface area contributed by atoms with Crippen molar-refractivity contribution < 1.29 is 4.79 Å². The van der Waals surface area contributed by atoms with Gasteiger partial charge in [-0.2, -0.15) is 4.98 Å². The summed E-state index contributed by atoms with van der Waals surface area (Å²) in [7, 11) is 0. The van der Waals surface area contributed by atoms with Crippen molar-refractivity contribution in [3.63, 3.8) is 0 Å². The van der Waals surface area contributed by atoms with Gasteiger partial charge in [0.2, 0.25) is 5.95 Å². The van der Waals surface area contributed by atoms with Crippen LogP contribution in [0.2, 0.25) is 5.02 Å². The Balaban J connectivity index is 1.26. The molecule has 4 aliphatic rings. The van der Waals surface area contributed by atoms with Crippen molar-refractivity contribution in [1.82, 2.24) is 24.3 Å². The number of amides is 1. The number of piperidine rings is 1. The van der Waals surface area contributed by atoms with Crippen molar-refractivity contribution in [1.29, 1.82) is 0 Å². The number of fused-ring (bicyclic) bond motifs is 3. The van der Waals surface area contributed by atoms with Gasteiger partial charge in [-0.15, -0.1) is 0 Å². The summed E-state index contributed by atoms with van der Waals surface area (Å²) in [6, 6.07) is 8.99. The van der Waals surface area contributed by atoms with Gasteiger partial charge in [-0.05, 0) is 49.9 Å². The van der Waals surface area contributed by atoms with Crippen LogP contribution in [0.5, 0.6) is 0 Å². The van der Waals surface area contributed by atoms with Crippen LogP contribution in [-0.4, -0.2) is 69.5 Å². The van der Waals surface area contributed by atoms with E-state index in [0.29, 0.717) is 43.2 Å². The standard InChI is InChI=1S/C28H32ClN7O/c1-2-28-9-5-10-33-11-8-19-18-6-3-4-7-21(18)36(23(19)24(28)33)22(16-28)26(37)34-12-14-35(15-13-34)27-31-17-20(29)25(30)32-27/h3-4,6-7,16-17,24H,2,5,8-15H2,1H3,(H2,30,31,32)/t24-,28+/m0/s1. The van der Waals surface area contributed by atoms with E-state index in [4.69, 9.17) is 17.3 Å². The number of aromatic nitrogens is 3. The molecule has 1 aromatic carbocycles. The van der Waals surface area contributed by atoms with Crippen molar-refractivity contribution in [2.45, 2.75) is 38.6 Å². The third-order valence-electron chi connectivity index (χ3n) is 9.08. The van der Waals surface area contributed by atoms with E-state index in [-0.39, 0.29) is 17.1 Å². The summed E-state index contributed by atoms with van der Waals surface area (Å²) in [5.74, 6) is 0.961. The second kappa shape index (κ2) is 8.46. The molecule has 4 aliphatic heterocycles. The first-order valence-electron chi connectivity index (χ1n) is 13.4. The highest BCUT2D eigenvalue weighted by Crippen LogP contribution is 2.57. The first kappa shape index (κ1) is 23.0. The molecule has 2 saturated heterocycles. The number of rotatable bonds is 3. The van der Waals surface area contributed by atoms with Crippen LogP contribution in [0, 0.1) is 5.41 Å². The number of nitrogens with zero attached hydrogens (tertiary/aromatic N) is 6. The summed E-state index contributed by atoms with van der Waals surface area (Å²) < 4.78 is 2.32. The maximum atomic E-state index is 14.3. The van der Waals surface area contributed by atoms with Crippen molar-refractivity contribution in [3.05, 3.63) is 52.8 Å². The zero-order chi connectivity index (χ0) is 25.3. The zero-order valence-electron chi connectivity index (χ0n) is 21.2. The molecule has 2 fully saturated rings. The Labute approximate surface area is 221 Å². The van der Waals surface area contributed by atoms with E-state index in [9.17, 15) is 4.79 Å². The summed E-state index contributed by atoms with van der Waals surface area (Å²) in [6.07, 6.45) is 8.29. The van der Waals surface area contributed by atoms with Gasteiger partial charge in [-0.25, -0.2) is 4.98 Å². The average molecular weight is 518 g/mol. The molecule has 3 aromatic rings. The van der Waals surface area contributed by atoms with Crippen LogP contribution >= 0.6 is 11.6 Å². The van der Waals surface area contributed by atoms with Crippen molar-refractivity contribution >= 4 is 45.9 Å². The van der Waals surface area contributed by atoms with Crippen molar-refractivity contribution in [3.8, 4) is 0 Å². The molecule has 8 nitrogen and oxygen atoms in total. The summed E-state index contributed by atoms with van der Waals surface area (Å²) in [4.78, 5) is 29.7. The molecule has 0 radical (unpaired) electrons. The summed E-state index contributed by atoms with van der Waals surface area (Å²) in [6.45, 7) is 7.06. The minimum Gasteiger partial charge on any atom is -0.382 e. The third-order valence-corrected chi connectivity index (χ3v) is 9.37. The molecule has 192 valence electrons. The molecule has 2 atom stereocenters. The van der Waals surface area contributed by atoms with Gasteiger partial charge in [-0.1, -0.05) is 36.7 Å². The van der Waals surface area contributed by atoms with E-state index in [1.807, 2.05) is 4.90 Å². The smallest absolute Gasteiger partial charge is 0.270 e. The molecular formula is C28H32ClN7O. The Hall–Kier alpha value is -3.10. The number of piperazine rings is 1. The number of hydrogen-bond acceptors (Lipinski definition) is 6. The van der Waals surface area contributed by atoms with Crippen molar-refractivity contribution in [2.75, 3.05) is 49.9 Å². The highest BCUT2D eigenvalue weighted by molar-refractivity contribution is 6.32. The molecule has 0 saturated carbocycles. The fourth-order valence-electron chi connectivity index (χ4n) is 7.23. The fraction of sp³-hybridized carbons (Fsp3) is 0.464. The lowest BCUT2D eigenvalue weighted by Crippen LogP contribution is -2.53. The highest BCUT2D eigenvalue weighted by Gasteiger charge is 2.51. The minimum absolute atomic E-state index is 0.000709. The molecule has 0 spiro atoms. The first-order chi connectivity index (χ1) is 18.0. The van der Waals surface area contributed by atoms with Crippen LogP contribution in [0.4, 0.5) is 11.8 Å². The van der Waals surface area contributed by atoms with Crippen LogP contribution in [0.1, 0.15) is 43.5 Å². The van der Waals surface area contributed by atoms with E-state index >= 15 is 0 Å². The molecule has 37 heavy (non-hydrogen) atoms. The molecule has 9 heteroatoms. The average Bonchev–Trinajstić information content (AvgIpc) is 3.28. The summed E-state index contributed by atoms with van der Waals surface area (Å²) in [5, 5.41) is 1.66. The van der Waals surface area contributed by atoms with Crippen LogP contribution in [-0.2, 0) is 11.2 Å². The molecule has 0 bridgehead atoms. The Kier molecular flexibility index (Phi) is 5.27. The van der Waals surface area contributed by atoms with E-state index in [2.05, 4.69) is 61.6 Å². The highest BCUT2D eigenvalue weighted by atomic mass is 35.5. The molecule has 7 rings (SSSR count). The SMILES string of the molecule is CC[C@]12C=C(C(=O)N3CCN(c4ncc(Cl)c(N)n4)CC3)n3c4c(c5ccccc53)CCN(CCC1)[C@@H]42. The summed E-state index contributed by atoms with van der Waals surface area (Å²) >= 11 is 6.01. The normalized spacial score (nSPS) is 25.2. The third kappa shape index (κ3) is 3.35. The Morgan fingerprint density at radius 2 is 1.97 bits per heavy atom. The lowest BCUT2D eigenvalue weighted by atomic mass is 9.66. The van der Waals surface area contributed by atoms with Crippen LogP contribution in [0.15, 0.2) is 36.5 Å². The molecule has 0 aliphatic carbocycles. The molecule has 6 heterocycles. The monoisotopic (exact) mass is 517 g/mol. The minimum atomic E-state index is -0.000709. The van der Waals surface area contributed by atoms with Gasteiger partial charge in [0.05, 0.1) is 17.8 Å². The maximum absolute atomic E-state index is 14.3. The number of benzene rings is 1. The van der Waals surface area contributed by atoms with Gasteiger partial charge in [-0.3, -0.25) is 9.69 Å². The molecule has 2 N–H and O–H groups in total. The van der Waals surface area contributed by atoms with Crippen LogP contribution in [0.25, 0.3) is 16.6 Å². The molecule has 1 amide bonds. The van der Waals surface area contributed by atoms with E-state index in [1.165, 1.54) is 29.3 Å². The number of halogens is 1. The van der Waals surface area contributed by atoms with Gasteiger partial charge < -0.3 is 20.1 Å². The van der Waals surface area contributed by atoms with Gasteiger partial charge in [0, 0.05) is 49.2 Å². The second-order valence-electron chi connectivity index (χ2n) is 10.8. The Bertz CT molecular complexity index is 1440. The zero-order valence-corrected chi connectivity index (χ0v) is 21.9. The number of para-hydroxylation sites is 1. The van der Waals surface area contributed by atoms with E-state index < -0.39 is 0 Å². The molecule has 2 aromatic heterocycles. The number of anilines is 2. The molecular weight excluding hydrogens is 486 g/mol. The number of nitrogen functional groups attached to an aromatic ring is 1. The quantitative estimate of drug-likeness (QED) is 0.566. The number of carbonyl (C=O) groups is 1. The number of nitrogens with two attached hydrogens (primary N) is 1. The van der Waals surface area contributed by atoms with Gasteiger partial charge in [0.15, 0.2) is 0 Å². The largest absolute Gasteiger partial charge is 0.382 e. The summed E-state index contributed by atoms with van der Waals surface area (Å²) in [5.41, 5.74) is 10.7. The van der Waals surface area contributed by atoms with E-state index in [0.717, 1.165) is 43.6 Å². The van der Waals surface area contributed by atoms with E-state index in [1.54, 1.807) is 0 Å². The number of carbonyl (C=O) groups excluding carboxylic acids is 1. The second-order valence-corrected chi connectivity index (χ2v) is 11.2. The molecule has 0 unspecified atom stereocenters. The predicted octanol–water partition coefficient (Wildman–Crippen LogP) is 3.96. The van der Waals surface area contributed by atoms with Gasteiger partial charge >= 0.3 is 0 Å². The topological polar surface area (TPSA) is 83.5 Å².